The molecule has 138 valence electrons. The van der Waals surface area contributed by atoms with Gasteiger partial charge in [-0.2, -0.15) is 0 Å². The summed E-state index contributed by atoms with van der Waals surface area (Å²) in [7, 11) is -1.52. The average molecular weight is 392 g/mol. The number of hydrogen-bond donors (Lipinski definition) is 1. The topological polar surface area (TPSA) is 52.6 Å². The van der Waals surface area contributed by atoms with Crippen molar-refractivity contribution >= 4 is 39.1 Å². The summed E-state index contributed by atoms with van der Waals surface area (Å²) in [5.41, 5.74) is 2.27. The third-order valence-electron chi connectivity index (χ3n) is 4.31. The van der Waals surface area contributed by atoms with Crippen molar-refractivity contribution < 1.29 is 8.42 Å². The molecule has 3 rings (SSSR count). The highest BCUT2D eigenvalue weighted by molar-refractivity contribution is 7.95. The standard InChI is InChI=1S/C19H22ClN3O2S/c1-22-11-13-23(14-12-22)19-5-3-2-4-18(19)21-26(24,25)15-10-16-6-8-17(20)9-7-16/h2-10,15,21H,11-14H2,1H3/b15-10+. The maximum atomic E-state index is 12.5. The molecule has 26 heavy (non-hydrogen) atoms. The molecule has 1 saturated heterocycles. The minimum atomic E-state index is -3.62. The van der Waals surface area contributed by atoms with Crippen LogP contribution in [0.3, 0.4) is 0 Å². The van der Waals surface area contributed by atoms with Crippen molar-refractivity contribution in [1.29, 1.82) is 0 Å². The second-order valence-corrected chi connectivity index (χ2v) is 8.31. The van der Waals surface area contributed by atoms with Crippen molar-refractivity contribution in [3.05, 3.63) is 64.5 Å². The first-order valence-corrected chi connectivity index (χ1v) is 10.3. The molecule has 1 aliphatic rings. The molecule has 0 radical (unpaired) electrons. The zero-order valence-corrected chi connectivity index (χ0v) is 16.2. The predicted octanol–water partition coefficient (Wildman–Crippen LogP) is 3.50. The summed E-state index contributed by atoms with van der Waals surface area (Å²) >= 11 is 5.85. The van der Waals surface area contributed by atoms with E-state index in [2.05, 4.69) is 21.6 Å². The van der Waals surface area contributed by atoms with Gasteiger partial charge in [0.15, 0.2) is 0 Å². The Morgan fingerprint density at radius 1 is 1.00 bits per heavy atom. The van der Waals surface area contributed by atoms with Crippen LogP contribution in [0.4, 0.5) is 11.4 Å². The van der Waals surface area contributed by atoms with Crippen LogP contribution in [-0.2, 0) is 10.0 Å². The Hall–Kier alpha value is -2.02. The van der Waals surface area contributed by atoms with E-state index in [0.717, 1.165) is 37.4 Å². The van der Waals surface area contributed by atoms with E-state index in [4.69, 9.17) is 11.6 Å². The van der Waals surface area contributed by atoms with Crippen LogP contribution < -0.4 is 9.62 Å². The van der Waals surface area contributed by atoms with Crippen molar-refractivity contribution in [2.75, 3.05) is 42.8 Å². The third kappa shape index (κ3) is 5.00. The summed E-state index contributed by atoms with van der Waals surface area (Å²) < 4.78 is 27.6. The van der Waals surface area contributed by atoms with E-state index in [1.54, 1.807) is 36.4 Å². The van der Waals surface area contributed by atoms with Crippen molar-refractivity contribution in [1.82, 2.24) is 4.90 Å². The lowest BCUT2D eigenvalue weighted by molar-refractivity contribution is 0.313. The maximum absolute atomic E-state index is 12.5. The first-order valence-electron chi connectivity index (χ1n) is 8.42. The number of benzene rings is 2. The number of halogens is 1. The Balaban J connectivity index is 1.76. The van der Waals surface area contributed by atoms with Gasteiger partial charge in [-0.15, -0.1) is 0 Å². The lowest BCUT2D eigenvalue weighted by Crippen LogP contribution is -2.44. The Labute approximate surface area is 159 Å². The number of sulfonamides is 1. The molecule has 0 amide bonds. The van der Waals surface area contributed by atoms with Crippen LogP contribution in [0, 0.1) is 0 Å². The molecule has 0 spiro atoms. The van der Waals surface area contributed by atoms with Gasteiger partial charge >= 0.3 is 0 Å². The lowest BCUT2D eigenvalue weighted by atomic mass is 10.2. The van der Waals surface area contributed by atoms with Crippen LogP contribution in [0.1, 0.15) is 5.56 Å². The van der Waals surface area contributed by atoms with Crippen molar-refractivity contribution in [2.45, 2.75) is 0 Å². The van der Waals surface area contributed by atoms with E-state index in [1.807, 2.05) is 18.2 Å². The molecule has 1 N–H and O–H groups in total. The minimum Gasteiger partial charge on any atom is -0.367 e. The summed E-state index contributed by atoms with van der Waals surface area (Å²) in [6, 6.07) is 14.5. The van der Waals surface area contributed by atoms with Gasteiger partial charge in [0.2, 0.25) is 0 Å². The molecule has 7 heteroatoms. The van der Waals surface area contributed by atoms with Gasteiger partial charge in [-0.25, -0.2) is 8.42 Å². The Kier molecular flexibility index (Phi) is 5.86. The zero-order valence-electron chi connectivity index (χ0n) is 14.6. The molecule has 0 atom stereocenters. The van der Waals surface area contributed by atoms with Crippen molar-refractivity contribution in [2.24, 2.45) is 0 Å². The summed E-state index contributed by atoms with van der Waals surface area (Å²) in [6.07, 6.45) is 1.55. The number of anilines is 2. The molecule has 0 saturated carbocycles. The molecule has 2 aromatic rings. The molecule has 2 aromatic carbocycles. The van der Waals surface area contributed by atoms with Gasteiger partial charge in [-0.05, 0) is 43.0 Å². The van der Waals surface area contributed by atoms with E-state index >= 15 is 0 Å². The second kappa shape index (κ2) is 8.12. The van der Waals surface area contributed by atoms with E-state index in [0.29, 0.717) is 10.7 Å². The lowest BCUT2D eigenvalue weighted by Gasteiger charge is -2.35. The highest BCUT2D eigenvalue weighted by Crippen LogP contribution is 2.27. The van der Waals surface area contributed by atoms with Crippen LogP contribution in [0.25, 0.3) is 6.08 Å². The Morgan fingerprint density at radius 3 is 2.35 bits per heavy atom. The SMILES string of the molecule is CN1CCN(c2ccccc2NS(=O)(=O)/C=C/c2ccc(Cl)cc2)CC1. The van der Waals surface area contributed by atoms with Crippen LogP contribution in [0.2, 0.25) is 5.02 Å². The summed E-state index contributed by atoms with van der Waals surface area (Å²) in [5, 5.41) is 1.79. The van der Waals surface area contributed by atoms with Gasteiger partial charge in [0.25, 0.3) is 10.0 Å². The van der Waals surface area contributed by atoms with E-state index in [9.17, 15) is 8.42 Å². The summed E-state index contributed by atoms with van der Waals surface area (Å²) in [4.78, 5) is 4.47. The highest BCUT2D eigenvalue weighted by atomic mass is 35.5. The van der Waals surface area contributed by atoms with Crippen molar-refractivity contribution in [3.8, 4) is 0 Å². The summed E-state index contributed by atoms with van der Waals surface area (Å²) in [6.45, 7) is 3.65. The molecule has 1 fully saturated rings. The molecular weight excluding hydrogens is 370 g/mol. The molecule has 5 nitrogen and oxygen atoms in total. The van der Waals surface area contributed by atoms with Crippen molar-refractivity contribution in [3.63, 3.8) is 0 Å². The summed E-state index contributed by atoms with van der Waals surface area (Å²) in [5.74, 6) is 0. The quantitative estimate of drug-likeness (QED) is 0.847. The van der Waals surface area contributed by atoms with Crippen LogP contribution in [0.15, 0.2) is 53.9 Å². The molecule has 0 aliphatic carbocycles. The van der Waals surface area contributed by atoms with E-state index in [-0.39, 0.29) is 0 Å². The number of para-hydroxylation sites is 2. The largest absolute Gasteiger partial charge is 0.367 e. The average Bonchev–Trinajstić information content (AvgIpc) is 2.62. The zero-order chi connectivity index (χ0) is 18.6. The number of piperazine rings is 1. The van der Waals surface area contributed by atoms with Gasteiger partial charge in [0.05, 0.1) is 16.8 Å². The van der Waals surface area contributed by atoms with E-state index in [1.165, 1.54) is 5.41 Å². The molecule has 1 aliphatic heterocycles. The molecule has 1 heterocycles. The van der Waals surface area contributed by atoms with Gasteiger partial charge in [0.1, 0.15) is 0 Å². The monoisotopic (exact) mass is 391 g/mol. The first-order chi connectivity index (χ1) is 12.4. The Bertz CT molecular complexity index is 874. The second-order valence-electron chi connectivity index (χ2n) is 6.31. The maximum Gasteiger partial charge on any atom is 0.255 e. The highest BCUT2D eigenvalue weighted by Gasteiger charge is 2.18. The van der Waals surface area contributed by atoms with E-state index < -0.39 is 10.0 Å². The molecule has 0 bridgehead atoms. The predicted molar refractivity (Wildman–Crippen MR) is 109 cm³/mol. The molecular formula is C19H22ClN3O2S. The fourth-order valence-corrected chi connectivity index (χ4v) is 3.82. The van der Waals surface area contributed by atoms with Crippen LogP contribution >= 0.6 is 11.6 Å². The van der Waals surface area contributed by atoms with Crippen LogP contribution in [0.5, 0.6) is 0 Å². The number of rotatable bonds is 5. The number of likely N-dealkylation sites (N-methyl/N-ethyl adjacent to an activating group) is 1. The normalized spacial score (nSPS) is 16.2. The fraction of sp³-hybridized carbons (Fsp3) is 0.263. The Morgan fingerprint density at radius 2 is 1.65 bits per heavy atom. The first kappa shape index (κ1) is 18.8. The molecule has 0 unspecified atom stereocenters. The fourth-order valence-electron chi connectivity index (χ4n) is 2.81. The minimum absolute atomic E-state index is 0.595. The van der Waals surface area contributed by atoms with Gasteiger partial charge < -0.3 is 9.80 Å². The third-order valence-corrected chi connectivity index (χ3v) is 5.56. The number of hydrogen-bond acceptors (Lipinski definition) is 4. The van der Waals surface area contributed by atoms with Gasteiger partial charge in [0, 0.05) is 31.2 Å². The number of nitrogens with zero attached hydrogens (tertiary/aromatic N) is 2. The van der Waals surface area contributed by atoms with Crippen LogP contribution in [-0.4, -0.2) is 46.5 Å². The smallest absolute Gasteiger partial charge is 0.255 e. The van der Waals surface area contributed by atoms with Gasteiger partial charge in [-0.3, -0.25) is 4.72 Å². The molecule has 0 aromatic heterocycles. The number of nitrogens with one attached hydrogen (secondary N) is 1. The van der Waals surface area contributed by atoms with Gasteiger partial charge in [-0.1, -0.05) is 35.9 Å².